The number of benzene rings is 3. The van der Waals surface area contributed by atoms with Gasteiger partial charge in [-0.1, -0.05) is 41.3 Å². The van der Waals surface area contributed by atoms with E-state index in [1.54, 1.807) is 43.5 Å². The van der Waals surface area contributed by atoms with Gasteiger partial charge in [0.1, 0.15) is 5.75 Å². The van der Waals surface area contributed by atoms with Crippen molar-refractivity contribution < 1.29 is 14.3 Å². The maximum atomic E-state index is 12.6. The summed E-state index contributed by atoms with van der Waals surface area (Å²) >= 11 is 2.72. The molecule has 1 amide bonds. The van der Waals surface area contributed by atoms with Crippen LogP contribution in [0.3, 0.4) is 0 Å². The smallest absolute Gasteiger partial charge is 0.255 e. The lowest BCUT2D eigenvalue weighted by Crippen LogP contribution is -2.11. The molecule has 7 nitrogen and oxygen atoms in total. The second kappa shape index (κ2) is 10.8. The summed E-state index contributed by atoms with van der Waals surface area (Å²) in [6, 6.07) is 23.3. The zero-order chi connectivity index (χ0) is 23.0. The highest BCUT2D eigenvalue weighted by Gasteiger charge is 2.11. The molecule has 0 unspecified atom stereocenters. The molecule has 4 rings (SSSR count). The number of nitrogens with zero attached hydrogens (tertiary/aromatic N) is 2. The van der Waals surface area contributed by atoms with Crippen molar-refractivity contribution in [2.45, 2.75) is 4.34 Å². The average Bonchev–Trinajstić information content (AvgIpc) is 3.31. The van der Waals surface area contributed by atoms with Crippen LogP contribution in [0.15, 0.2) is 83.2 Å². The molecule has 3 aromatic carbocycles. The average molecular weight is 477 g/mol. The van der Waals surface area contributed by atoms with Gasteiger partial charge in [-0.2, -0.15) is 0 Å². The summed E-state index contributed by atoms with van der Waals surface area (Å²) in [5, 5.41) is 14.9. The van der Waals surface area contributed by atoms with E-state index in [-0.39, 0.29) is 17.4 Å². The number of hydrogen-bond acceptors (Lipinski definition) is 8. The summed E-state index contributed by atoms with van der Waals surface area (Å²) in [5.41, 5.74) is 2.65. The summed E-state index contributed by atoms with van der Waals surface area (Å²) in [4.78, 5) is 24.8. The molecule has 166 valence electrons. The van der Waals surface area contributed by atoms with Crippen LogP contribution in [-0.2, 0) is 0 Å². The topological polar surface area (TPSA) is 93.2 Å². The first kappa shape index (κ1) is 22.5. The van der Waals surface area contributed by atoms with E-state index in [4.69, 9.17) is 4.74 Å². The molecule has 0 atom stereocenters. The maximum Gasteiger partial charge on any atom is 0.255 e. The summed E-state index contributed by atoms with van der Waals surface area (Å²) in [5.74, 6) is 0.799. The molecular formula is C24H20N4O3S2. The van der Waals surface area contributed by atoms with Gasteiger partial charge in [-0.25, -0.2) is 0 Å². The number of ether oxygens (including phenoxy) is 1. The first-order valence-electron chi connectivity index (χ1n) is 9.98. The van der Waals surface area contributed by atoms with Gasteiger partial charge in [-0.15, -0.1) is 10.2 Å². The fourth-order valence-corrected chi connectivity index (χ4v) is 4.53. The molecular weight excluding hydrogens is 456 g/mol. The van der Waals surface area contributed by atoms with Crippen molar-refractivity contribution >= 4 is 51.3 Å². The fraction of sp³-hybridized carbons (Fsp3) is 0.0833. The van der Waals surface area contributed by atoms with Gasteiger partial charge in [-0.05, 0) is 60.7 Å². The van der Waals surface area contributed by atoms with Crippen molar-refractivity contribution in [2.75, 3.05) is 23.5 Å². The number of Topliss-reactive ketones (excluding diaryl/α,β-unsaturated/α-hetero) is 1. The molecule has 2 N–H and O–H groups in total. The second-order valence-corrected chi connectivity index (χ2v) is 9.04. The molecule has 0 fully saturated rings. The van der Waals surface area contributed by atoms with E-state index < -0.39 is 0 Å². The number of amides is 1. The Balaban J connectivity index is 1.28. The van der Waals surface area contributed by atoms with Crippen LogP contribution in [0.5, 0.6) is 5.75 Å². The van der Waals surface area contributed by atoms with Crippen LogP contribution in [0.25, 0.3) is 0 Å². The van der Waals surface area contributed by atoms with Gasteiger partial charge < -0.3 is 15.4 Å². The predicted molar refractivity (Wildman–Crippen MR) is 132 cm³/mol. The van der Waals surface area contributed by atoms with Crippen LogP contribution in [0.1, 0.15) is 20.7 Å². The number of rotatable bonds is 9. The fourth-order valence-electron chi connectivity index (χ4n) is 2.86. The Labute approximate surface area is 199 Å². The molecule has 0 aliphatic rings. The molecule has 0 bridgehead atoms. The zero-order valence-electron chi connectivity index (χ0n) is 17.6. The Bertz CT molecular complexity index is 1230. The molecule has 9 heteroatoms. The van der Waals surface area contributed by atoms with Gasteiger partial charge in [0.2, 0.25) is 5.13 Å². The number of carbonyl (C=O) groups is 2. The molecule has 0 aliphatic heterocycles. The minimum Gasteiger partial charge on any atom is -0.497 e. The van der Waals surface area contributed by atoms with Crippen LogP contribution in [0.2, 0.25) is 0 Å². The van der Waals surface area contributed by atoms with Crippen molar-refractivity contribution in [3.05, 3.63) is 90.0 Å². The second-order valence-electron chi connectivity index (χ2n) is 6.84. The summed E-state index contributed by atoms with van der Waals surface area (Å²) in [6.45, 7) is 0. The van der Waals surface area contributed by atoms with Gasteiger partial charge in [0.25, 0.3) is 5.91 Å². The SMILES string of the molecule is COc1ccc(Nc2nnc(SCC(=O)c3ccc(NC(=O)c4ccccc4)cc3)s2)cc1. The first-order chi connectivity index (χ1) is 16.1. The quantitative estimate of drug-likeness (QED) is 0.243. The number of aromatic nitrogens is 2. The number of hydrogen-bond donors (Lipinski definition) is 2. The Morgan fingerprint density at radius 2 is 1.58 bits per heavy atom. The van der Waals surface area contributed by atoms with Crippen LogP contribution in [0, 0.1) is 0 Å². The number of carbonyl (C=O) groups excluding carboxylic acids is 2. The highest BCUT2D eigenvalue weighted by atomic mass is 32.2. The molecule has 0 spiro atoms. The van der Waals surface area contributed by atoms with E-state index >= 15 is 0 Å². The molecule has 0 saturated heterocycles. The van der Waals surface area contributed by atoms with Crippen molar-refractivity contribution in [2.24, 2.45) is 0 Å². The summed E-state index contributed by atoms with van der Waals surface area (Å²) in [6.07, 6.45) is 0. The van der Waals surface area contributed by atoms with Crippen LogP contribution in [0.4, 0.5) is 16.5 Å². The van der Waals surface area contributed by atoms with Crippen LogP contribution < -0.4 is 15.4 Å². The minimum absolute atomic E-state index is 0.0270. The normalized spacial score (nSPS) is 10.5. The van der Waals surface area contributed by atoms with Gasteiger partial charge in [-0.3, -0.25) is 9.59 Å². The third-order valence-electron chi connectivity index (χ3n) is 4.58. The number of thioether (sulfide) groups is 1. The Kier molecular flexibility index (Phi) is 7.33. The molecule has 0 aliphatic carbocycles. The van der Waals surface area contributed by atoms with Crippen molar-refractivity contribution in [3.8, 4) is 5.75 Å². The molecule has 33 heavy (non-hydrogen) atoms. The third kappa shape index (κ3) is 6.18. The lowest BCUT2D eigenvalue weighted by atomic mass is 10.1. The number of methoxy groups -OCH3 is 1. The molecule has 1 aromatic heterocycles. The number of nitrogens with one attached hydrogen (secondary N) is 2. The predicted octanol–water partition coefficient (Wildman–Crippen LogP) is 5.52. The lowest BCUT2D eigenvalue weighted by Gasteiger charge is -2.06. The van der Waals surface area contributed by atoms with Crippen molar-refractivity contribution in [1.29, 1.82) is 0 Å². The van der Waals surface area contributed by atoms with Crippen LogP contribution in [-0.4, -0.2) is 34.8 Å². The van der Waals surface area contributed by atoms with Crippen molar-refractivity contribution in [3.63, 3.8) is 0 Å². The Morgan fingerprint density at radius 3 is 2.27 bits per heavy atom. The third-order valence-corrected chi connectivity index (χ3v) is 6.55. The molecule has 1 heterocycles. The van der Waals surface area contributed by atoms with Gasteiger partial charge in [0.05, 0.1) is 12.9 Å². The number of anilines is 3. The van der Waals surface area contributed by atoms with Crippen molar-refractivity contribution in [1.82, 2.24) is 10.2 Å². The van der Waals surface area contributed by atoms with E-state index in [2.05, 4.69) is 20.8 Å². The van der Waals surface area contributed by atoms with Gasteiger partial charge >= 0.3 is 0 Å². The Morgan fingerprint density at radius 1 is 0.879 bits per heavy atom. The molecule has 4 aromatic rings. The lowest BCUT2D eigenvalue weighted by molar-refractivity contribution is 0.101. The highest BCUT2D eigenvalue weighted by Crippen LogP contribution is 2.28. The Hall–Kier alpha value is -3.69. The van der Waals surface area contributed by atoms with E-state index in [9.17, 15) is 9.59 Å². The molecule has 0 saturated carbocycles. The first-order valence-corrected chi connectivity index (χ1v) is 11.8. The van der Waals surface area contributed by atoms with Gasteiger partial charge in [0.15, 0.2) is 10.1 Å². The summed E-state index contributed by atoms with van der Waals surface area (Å²) < 4.78 is 5.85. The van der Waals surface area contributed by atoms with E-state index in [0.717, 1.165) is 11.4 Å². The monoisotopic (exact) mass is 476 g/mol. The number of ketones is 1. The summed E-state index contributed by atoms with van der Waals surface area (Å²) in [7, 11) is 1.62. The zero-order valence-corrected chi connectivity index (χ0v) is 19.3. The maximum absolute atomic E-state index is 12.6. The minimum atomic E-state index is -0.194. The standard InChI is InChI=1S/C24H20N4O3S2/c1-31-20-13-11-19(12-14-20)26-23-27-28-24(33-23)32-15-21(29)16-7-9-18(10-8-16)25-22(30)17-5-3-2-4-6-17/h2-14H,15H2,1H3,(H,25,30)(H,26,27). The molecule has 0 radical (unpaired) electrons. The van der Waals surface area contributed by atoms with E-state index in [1.807, 2.05) is 42.5 Å². The van der Waals surface area contributed by atoms with Crippen LogP contribution >= 0.6 is 23.1 Å². The van der Waals surface area contributed by atoms with E-state index in [1.165, 1.54) is 23.1 Å². The van der Waals surface area contributed by atoms with Gasteiger partial charge in [0, 0.05) is 22.5 Å². The van der Waals surface area contributed by atoms with E-state index in [0.29, 0.717) is 26.3 Å². The highest BCUT2D eigenvalue weighted by molar-refractivity contribution is 8.01. The largest absolute Gasteiger partial charge is 0.497 e.